The van der Waals surface area contributed by atoms with Crippen molar-refractivity contribution >= 4 is 13.2 Å². The van der Waals surface area contributed by atoms with Crippen LogP contribution in [0.2, 0.25) is 0 Å². The Bertz CT molecular complexity index is 517. The lowest BCUT2D eigenvalue weighted by atomic mass is 10.1. The molecular weight excluding hydrogens is 417 g/mol. The van der Waals surface area contributed by atoms with Crippen molar-refractivity contribution in [3.63, 3.8) is 0 Å². The van der Waals surface area contributed by atoms with E-state index >= 15 is 0 Å². The summed E-state index contributed by atoms with van der Waals surface area (Å²) >= 11 is 0. The van der Waals surface area contributed by atoms with Gasteiger partial charge in [0.1, 0.15) is 0 Å². The molecule has 1 heterocycles. The van der Waals surface area contributed by atoms with Gasteiger partial charge in [0.25, 0.3) is 0 Å². The fraction of sp³-hybridized carbons (Fsp3) is 0.774. The van der Waals surface area contributed by atoms with Gasteiger partial charge >= 0.3 is 0 Å². The molecule has 0 spiro atoms. The summed E-state index contributed by atoms with van der Waals surface area (Å²) in [5.74, 6) is 0. The van der Waals surface area contributed by atoms with Gasteiger partial charge in [0.05, 0.1) is 5.69 Å². The Hall–Kier alpha value is -0.680. The molecule has 0 bridgehead atoms. The number of aromatic nitrogens is 1. The zero-order valence-corrected chi connectivity index (χ0v) is 23.4. The summed E-state index contributed by atoms with van der Waals surface area (Å²) in [6.45, 7) is 9.12. The fourth-order valence-electron chi connectivity index (χ4n) is 4.66. The molecular formula is C31H56NP. The maximum absolute atomic E-state index is 4.61. The minimum atomic E-state index is -0.124. The number of unbranched alkanes of at least 4 members (excludes halogenated alkanes) is 18. The molecule has 2 heteroatoms. The minimum absolute atomic E-state index is 0.124. The van der Waals surface area contributed by atoms with Gasteiger partial charge in [-0.1, -0.05) is 150 Å². The highest BCUT2D eigenvalue weighted by molar-refractivity contribution is 7.68. The Kier molecular flexibility index (Phi) is 21.2. The Balaban J connectivity index is 2.21. The Morgan fingerprint density at radius 3 is 1.36 bits per heavy atom. The molecule has 0 N–H and O–H groups in total. The summed E-state index contributed by atoms with van der Waals surface area (Å²) in [6.07, 6.45) is 33.0. The second kappa shape index (κ2) is 23.1. The van der Waals surface area contributed by atoms with Crippen molar-refractivity contribution in [1.29, 1.82) is 0 Å². The topological polar surface area (TPSA) is 12.9 Å². The fourth-order valence-corrected chi connectivity index (χ4v) is 7.09. The zero-order chi connectivity index (χ0) is 23.8. The average molecular weight is 474 g/mol. The van der Waals surface area contributed by atoms with E-state index in [2.05, 4.69) is 37.5 Å². The van der Waals surface area contributed by atoms with Crippen molar-refractivity contribution in [1.82, 2.24) is 4.98 Å². The van der Waals surface area contributed by atoms with Crippen LogP contribution >= 0.6 is 7.92 Å². The van der Waals surface area contributed by atoms with Crippen LogP contribution in [0.5, 0.6) is 0 Å². The van der Waals surface area contributed by atoms with Gasteiger partial charge in [-0.25, -0.2) is 0 Å². The molecule has 0 fully saturated rings. The van der Waals surface area contributed by atoms with E-state index in [9.17, 15) is 0 Å². The molecule has 33 heavy (non-hydrogen) atoms. The minimum Gasteiger partial charge on any atom is -0.256 e. The van der Waals surface area contributed by atoms with Crippen LogP contribution in [-0.2, 0) is 0 Å². The summed E-state index contributed by atoms with van der Waals surface area (Å²) in [7, 11) is -0.124. The maximum atomic E-state index is 4.61. The predicted molar refractivity (Wildman–Crippen MR) is 154 cm³/mol. The molecule has 0 aliphatic carbocycles. The molecule has 0 saturated heterocycles. The van der Waals surface area contributed by atoms with Crippen molar-refractivity contribution in [2.24, 2.45) is 0 Å². The van der Waals surface area contributed by atoms with E-state index in [1.807, 2.05) is 12.3 Å². The molecule has 0 aliphatic heterocycles. The summed E-state index contributed by atoms with van der Waals surface area (Å²) in [5, 5.41) is 1.34. The quantitative estimate of drug-likeness (QED) is 0.107. The highest BCUT2D eigenvalue weighted by atomic mass is 31.1. The lowest BCUT2D eigenvalue weighted by Gasteiger charge is -2.20. The van der Waals surface area contributed by atoms with E-state index < -0.39 is 0 Å². The molecule has 190 valence electrons. The van der Waals surface area contributed by atoms with Crippen LogP contribution in [0, 0.1) is 0 Å². The SMILES string of the molecule is C=C(c1ccccn1)P(CCCCCCCCCCCC)CCCCCCCCCCCC. The highest BCUT2D eigenvalue weighted by Crippen LogP contribution is 2.50. The molecule has 0 radical (unpaired) electrons. The highest BCUT2D eigenvalue weighted by Gasteiger charge is 2.14. The van der Waals surface area contributed by atoms with E-state index in [0.717, 1.165) is 5.69 Å². The molecule has 1 nitrogen and oxygen atoms in total. The van der Waals surface area contributed by atoms with Crippen molar-refractivity contribution < 1.29 is 0 Å². The largest absolute Gasteiger partial charge is 0.256 e. The third-order valence-corrected chi connectivity index (χ3v) is 9.61. The third kappa shape index (κ3) is 17.4. The van der Waals surface area contributed by atoms with Gasteiger partial charge in [0, 0.05) is 6.20 Å². The van der Waals surface area contributed by atoms with Crippen molar-refractivity contribution in [3.05, 3.63) is 36.7 Å². The van der Waals surface area contributed by atoms with Crippen LogP contribution < -0.4 is 0 Å². The van der Waals surface area contributed by atoms with Gasteiger partial charge < -0.3 is 0 Å². The molecule has 0 unspecified atom stereocenters. The van der Waals surface area contributed by atoms with Crippen LogP contribution in [-0.4, -0.2) is 17.3 Å². The molecule has 0 aliphatic rings. The molecule has 0 saturated carbocycles. The molecule has 1 aromatic heterocycles. The monoisotopic (exact) mass is 473 g/mol. The number of rotatable bonds is 24. The summed E-state index contributed by atoms with van der Waals surface area (Å²) < 4.78 is 0. The van der Waals surface area contributed by atoms with Crippen LogP contribution in [0.15, 0.2) is 31.0 Å². The standard InChI is InChI=1S/C31H56NP/c1-4-6-8-10-12-14-16-18-20-24-28-33(30(3)31-26-22-23-27-32-31)29-25-21-19-17-15-13-11-9-7-5-2/h22-23,26-27H,3-21,24-25,28-29H2,1-2H3. The van der Waals surface area contributed by atoms with Crippen molar-refractivity contribution in [3.8, 4) is 0 Å². The van der Waals surface area contributed by atoms with Crippen LogP contribution in [0.3, 0.4) is 0 Å². The van der Waals surface area contributed by atoms with Gasteiger partial charge in [0.2, 0.25) is 0 Å². The number of hydrogen-bond acceptors (Lipinski definition) is 1. The number of hydrogen-bond donors (Lipinski definition) is 0. The molecule has 0 amide bonds. The molecule has 0 aromatic carbocycles. The van der Waals surface area contributed by atoms with Gasteiger partial charge in [-0.15, -0.1) is 0 Å². The Morgan fingerprint density at radius 1 is 0.606 bits per heavy atom. The van der Waals surface area contributed by atoms with Crippen LogP contribution in [0.1, 0.15) is 148 Å². The van der Waals surface area contributed by atoms with E-state index in [1.54, 1.807) is 0 Å². The third-order valence-electron chi connectivity index (χ3n) is 6.91. The summed E-state index contributed by atoms with van der Waals surface area (Å²) in [6, 6.07) is 6.29. The predicted octanol–water partition coefficient (Wildman–Crippen LogP) is 11.4. The molecule has 1 rings (SSSR count). The van der Waals surface area contributed by atoms with E-state index in [-0.39, 0.29) is 7.92 Å². The van der Waals surface area contributed by atoms with Gasteiger partial charge in [-0.2, -0.15) is 0 Å². The lowest BCUT2D eigenvalue weighted by Crippen LogP contribution is -1.96. The molecule has 0 atom stereocenters. The number of pyridine rings is 1. The first-order chi connectivity index (χ1) is 16.3. The smallest absolute Gasteiger partial charge is 0.0700 e. The first-order valence-electron chi connectivity index (χ1n) is 14.6. The summed E-state index contributed by atoms with van der Waals surface area (Å²) in [4.78, 5) is 4.61. The second-order valence-corrected chi connectivity index (χ2v) is 12.5. The first kappa shape index (κ1) is 30.4. The van der Waals surface area contributed by atoms with E-state index in [4.69, 9.17) is 0 Å². The normalized spacial score (nSPS) is 11.4. The van der Waals surface area contributed by atoms with Gasteiger partial charge in [0.15, 0.2) is 0 Å². The molecule has 1 aromatic rings. The van der Waals surface area contributed by atoms with Gasteiger partial charge in [-0.05, 0) is 42.6 Å². The van der Waals surface area contributed by atoms with Crippen LogP contribution in [0.4, 0.5) is 0 Å². The Labute approximate surface area is 209 Å². The van der Waals surface area contributed by atoms with E-state index in [0.29, 0.717) is 0 Å². The van der Waals surface area contributed by atoms with E-state index in [1.165, 1.54) is 146 Å². The number of nitrogens with zero attached hydrogens (tertiary/aromatic N) is 1. The van der Waals surface area contributed by atoms with Crippen LogP contribution in [0.25, 0.3) is 5.31 Å². The zero-order valence-electron chi connectivity index (χ0n) is 22.5. The summed E-state index contributed by atoms with van der Waals surface area (Å²) in [5.41, 5.74) is 1.14. The first-order valence-corrected chi connectivity index (χ1v) is 16.4. The maximum Gasteiger partial charge on any atom is 0.0700 e. The average Bonchev–Trinajstić information content (AvgIpc) is 2.85. The van der Waals surface area contributed by atoms with Crippen molar-refractivity contribution in [2.75, 3.05) is 12.3 Å². The lowest BCUT2D eigenvalue weighted by molar-refractivity contribution is 0.561. The van der Waals surface area contributed by atoms with Gasteiger partial charge in [-0.3, -0.25) is 4.98 Å². The Morgan fingerprint density at radius 2 is 1.00 bits per heavy atom. The van der Waals surface area contributed by atoms with Crippen molar-refractivity contribution in [2.45, 2.75) is 142 Å². The second-order valence-electron chi connectivity index (χ2n) is 10.0.